The molecule has 20 heavy (non-hydrogen) atoms. The second-order valence-electron chi connectivity index (χ2n) is 4.60. The van der Waals surface area contributed by atoms with Crippen LogP contribution >= 0.6 is 11.8 Å². The van der Waals surface area contributed by atoms with Gasteiger partial charge in [-0.15, -0.1) is 0 Å². The zero-order valence-corrected chi connectivity index (χ0v) is 12.7. The van der Waals surface area contributed by atoms with E-state index in [0.717, 1.165) is 21.8 Å². The molecule has 0 radical (unpaired) electrons. The van der Waals surface area contributed by atoms with Crippen LogP contribution in [0.25, 0.3) is 0 Å². The molecule has 1 heterocycles. The summed E-state index contributed by atoms with van der Waals surface area (Å²) in [5.74, 6) is 0.101. The minimum absolute atomic E-state index is 0.0971. The number of aliphatic hydroxyl groups excluding tert-OH is 1. The number of benzene rings is 1. The van der Waals surface area contributed by atoms with Crippen LogP contribution in [0.5, 0.6) is 5.75 Å². The number of phenolic OH excluding ortho intramolecular Hbond substituents is 1. The molecule has 1 aromatic carbocycles. The highest BCUT2D eigenvalue weighted by atomic mass is 32.2. The number of rotatable bonds is 4. The van der Waals surface area contributed by atoms with E-state index in [0.29, 0.717) is 5.25 Å². The minimum Gasteiger partial charge on any atom is -0.506 e. The van der Waals surface area contributed by atoms with Crippen molar-refractivity contribution in [2.45, 2.75) is 24.9 Å². The van der Waals surface area contributed by atoms with Crippen molar-refractivity contribution >= 4 is 27.7 Å². The molecule has 0 bridgehead atoms. The Kier molecular flexibility index (Phi) is 4.05. The van der Waals surface area contributed by atoms with Crippen LogP contribution in [-0.4, -0.2) is 23.9 Å². The van der Waals surface area contributed by atoms with Crippen LogP contribution in [-0.2, 0) is 16.0 Å². The van der Waals surface area contributed by atoms with Gasteiger partial charge in [-0.1, -0.05) is 19.9 Å². The molecule has 2 rings (SSSR count). The summed E-state index contributed by atoms with van der Waals surface area (Å²) in [6.45, 7) is 4.16. The SMILES string of the molecule is CC(C)SCc1ccc(N2C=C(O)NS2(=O)=O)c(O)c1. The zero-order valence-electron chi connectivity index (χ0n) is 11.1. The molecule has 3 N–H and O–H groups in total. The Morgan fingerprint density at radius 1 is 1.35 bits per heavy atom. The van der Waals surface area contributed by atoms with Crippen molar-refractivity contribution in [3.05, 3.63) is 35.8 Å². The van der Waals surface area contributed by atoms with Gasteiger partial charge in [0.05, 0.1) is 6.20 Å². The molecule has 1 aliphatic heterocycles. The van der Waals surface area contributed by atoms with E-state index in [1.807, 2.05) is 4.72 Å². The first-order valence-electron chi connectivity index (χ1n) is 5.96. The van der Waals surface area contributed by atoms with E-state index < -0.39 is 16.1 Å². The first-order chi connectivity index (χ1) is 9.29. The molecular weight excluding hydrogens is 300 g/mol. The van der Waals surface area contributed by atoms with Gasteiger partial charge in [0.25, 0.3) is 0 Å². The summed E-state index contributed by atoms with van der Waals surface area (Å²) in [7, 11) is -3.87. The summed E-state index contributed by atoms with van der Waals surface area (Å²) >= 11 is 1.72. The summed E-state index contributed by atoms with van der Waals surface area (Å²) in [5, 5.41) is 19.7. The van der Waals surface area contributed by atoms with Crippen LogP contribution in [0.15, 0.2) is 30.3 Å². The summed E-state index contributed by atoms with van der Waals surface area (Å²) in [6, 6.07) is 4.80. The maximum absolute atomic E-state index is 11.7. The Morgan fingerprint density at radius 3 is 2.55 bits per heavy atom. The zero-order chi connectivity index (χ0) is 14.9. The average molecular weight is 316 g/mol. The van der Waals surface area contributed by atoms with Crippen LogP contribution in [0.4, 0.5) is 5.69 Å². The predicted octanol–water partition coefficient (Wildman–Crippen LogP) is 2.05. The normalized spacial score (nSPS) is 17.1. The second kappa shape index (κ2) is 5.45. The lowest BCUT2D eigenvalue weighted by molar-refractivity contribution is 0.392. The van der Waals surface area contributed by atoms with Crippen molar-refractivity contribution in [2.24, 2.45) is 0 Å². The standard InChI is InChI=1S/C12H16N2O4S2/c1-8(2)19-7-9-3-4-10(11(15)5-9)14-6-12(16)13-20(14,17)18/h3-6,8,13,15-16H,7H2,1-2H3. The maximum Gasteiger partial charge on any atom is 0.330 e. The summed E-state index contributed by atoms with van der Waals surface area (Å²) in [6.07, 6.45) is 1.01. The van der Waals surface area contributed by atoms with Gasteiger partial charge in [0.15, 0.2) is 0 Å². The van der Waals surface area contributed by atoms with Crippen molar-refractivity contribution in [2.75, 3.05) is 4.31 Å². The molecular formula is C12H16N2O4S2. The Bertz CT molecular complexity index is 641. The fourth-order valence-electron chi connectivity index (χ4n) is 1.70. The van der Waals surface area contributed by atoms with Gasteiger partial charge in [-0.3, -0.25) is 0 Å². The fraction of sp³-hybridized carbons (Fsp3) is 0.333. The second-order valence-corrected chi connectivity index (χ2v) is 7.71. The molecule has 0 saturated carbocycles. The molecule has 1 aliphatic rings. The van der Waals surface area contributed by atoms with Gasteiger partial charge in [-0.05, 0) is 22.9 Å². The van der Waals surface area contributed by atoms with Crippen molar-refractivity contribution in [3.8, 4) is 5.75 Å². The topological polar surface area (TPSA) is 89.9 Å². The van der Waals surface area contributed by atoms with Gasteiger partial charge in [0.2, 0.25) is 5.88 Å². The molecule has 0 saturated heterocycles. The van der Waals surface area contributed by atoms with Crippen LogP contribution < -0.4 is 9.03 Å². The first-order valence-corrected chi connectivity index (χ1v) is 8.45. The van der Waals surface area contributed by atoms with Gasteiger partial charge in [-0.25, -0.2) is 9.03 Å². The third kappa shape index (κ3) is 3.13. The monoisotopic (exact) mass is 316 g/mol. The number of phenols is 1. The average Bonchev–Trinajstić information content (AvgIpc) is 2.60. The highest BCUT2D eigenvalue weighted by Crippen LogP contribution is 2.33. The van der Waals surface area contributed by atoms with Crippen molar-refractivity contribution in [1.82, 2.24) is 4.72 Å². The molecule has 0 amide bonds. The number of aliphatic hydroxyl groups is 1. The largest absolute Gasteiger partial charge is 0.506 e. The lowest BCUT2D eigenvalue weighted by Gasteiger charge is -2.16. The van der Waals surface area contributed by atoms with E-state index in [2.05, 4.69) is 13.8 Å². The number of hydrogen-bond donors (Lipinski definition) is 3. The third-order valence-corrected chi connectivity index (χ3v) is 5.05. The number of hydrogen-bond acceptors (Lipinski definition) is 5. The number of anilines is 1. The number of aromatic hydroxyl groups is 1. The highest BCUT2D eigenvalue weighted by molar-refractivity contribution is 7.99. The third-order valence-electron chi connectivity index (χ3n) is 2.59. The predicted molar refractivity (Wildman–Crippen MR) is 79.8 cm³/mol. The van der Waals surface area contributed by atoms with Crippen molar-refractivity contribution in [3.63, 3.8) is 0 Å². The Labute approximate surface area is 122 Å². The molecule has 8 heteroatoms. The van der Waals surface area contributed by atoms with E-state index in [1.54, 1.807) is 17.8 Å². The molecule has 0 aliphatic carbocycles. The van der Waals surface area contributed by atoms with Gasteiger partial charge in [0.1, 0.15) is 11.4 Å². The quantitative estimate of drug-likeness (QED) is 0.791. The molecule has 0 unspecified atom stereocenters. The molecule has 110 valence electrons. The minimum atomic E-state index is -3.87. The van der Waals surface area contributed by atoms with E-state index in [4.69, 9.17) is 0 Å². The van der Waals surface area contributed by atoms with Crippen LogP contribution in [0, 0.1) is 0 Å². The van der Waals surface area contributed by atoms with Gasteiger partial charge < -0.3 is 10.2 Å². The smallest absolute Gasteiger partial charge is 0.330 e. The Hall–Kier alpha value is -1.54. The van der Waals surface area contributed by atoms with Gasteiger partial charge in [-0.2, -0.15) is 20.2 Å². The van der Waals surface area contributed by atoms with Gasteiger partial charge in [0, 0.05) is 5.75 Å². The molecule has 0 fully saturated rings. The van der Waals surface area contributed by atoms with Gasteiger partial charge >= 0.3 is 10.2 Å². The van der Waals surface area contributed by atoms with Crippen LogP contribution in [0.2, 0.25) is 0 Å². The fourth-order valence-corrected chi connectivity index (χ4v) is 3.47. The van der Waals surface area contributed by atoms with E-state index in [9.17, 15) is 18.6 Å². The van der Waals surface area contributed by atoms with E-state index in [-0.39, 0.29) is 11.4 Å². The number of thioether (sulfide) groups is 1. The lowest BCUT2D eigenvalue weighted by Crippen LogP contribution is -2.29. The van der Waals surface area contributed by atoms with E-state index >= 15 is 0 Å². The highest BCUT2D eigenvalue weighted by Gasteiger charge is 2.30. The van der Waals surface area contributed by atoms with Crippen LogP contribution in [0.3, 0.4) is 0 Å². The summed E-state index contributed by atoms with van der Waals surface area (Å²) < 4.78 is 26.2. The summed E-state index contributed by atoms with van der Waals surface area (Å²) in [5.41, 5.74) is 1.00. The summed E-state index contributed by atoms with van der Waals surface area (Å²) in [4.78, 5) is 0. The number of nitrogens with one attached hydrogen (secondary N) is 1. The molecule has 6 nitrogen and oxygen atoms in total. The molecule has 0 atom stereocenters. The van der Waals surface area contributed by atoms with Crippen molar-refractivity contribution < 1.29 is 18.6 Å². The lowest BCUT2D eigenvalue weighted by atomic mass is 10.2. The Balaban J connectivity index is 2.26. The van der Waals surface area contributed by atoms with Crippen LogP contribution in [0.1, 0.15) is 19.4 Å². The molecule has 0 aromatic heterocycles. The van der Waals surface area contributed by atoms with Crippen molar-refractivity contribution in [1.29, 1.82) is 0 Å². The molecule has 0 spiro atoms. The first kappa shape index (κ1) is 14.9. The maximum atomic E-state index is 11.7. The Morgan fingerprint density at radius 2 is 2.05 bits per heavy atom. The number of nitrogens with zero attached hydrogens (tertiary/aromatic N) is 1. The molecule has 1 aromatic rings. The van der Waals surface area contributed by atoms with E-state index in [1.165, 1.54) is 12.1 Å².